The maximum atomic E-state index is 12.1. The van der Waals surface area contributed by atoms with E-state index in [2.05, 4.69) is 24.1 Å². The fraction of sp³-hybridized carbons (Fsp3) is 0.944. The molecule has 1 amide bonds. The number of hydrogen-bond donors (Lipinski definition) is 2. The summed E-state index contributed by atoms with van der Waals surface area (Å²) in [7, 11) is 0. The number of piperidine rings is 1. The minimum absolute atomic E-state index is 0.0842. The lowest BCUT2D eigenvalue weighted by Gasteiger charge is -2.40. The van der Waals surface area contributed by atoms with Gasteiger partial charge in [0, 0.05) is 31.6 Å². The van der Waals surface area contributed by atoms with Gasteiger partial charge >= 0.3 is 0 Å². The standard InChI is InChI=1S/C18H34N2O2/c1-14(2)15(3)17(21)19-16-7-11-20(12-8-16)13-18(22)9-5-4-6-10-18/h14-16,22H,4-13H2,1-3H3,(H,19,21). The Morgan fingerprint density at radius 2 is 1.77 bits per heavy atom. The molecule has 2 rings (SSSR count). The number of amides is 1. The fourth-order valence-corrected chi connectivity index (χ4v) is 3.66. The molecule has 22 heavy (non-hydrogen) atoms. The van der Waals surface area contributed by atoms with Crippen molar-refractivity contribution in [1.82, 2.24) is 10.2 Å². The molecule has 0 aromatic carbocycles. The van der Waals surface area contributed by atoms with Gasteiger partial charge in [0.2, 0.25) is 5.91 Å². The van der Waals surface area contributed by atoms with Gasteiger partial charge < -0.3 is 15.3 Å². The van der Waals surface area contributed by atoms with Crippen LogP contribution < -0.4 is 5.32 Å². The van der Waals surface area contributed by atoms with Gasteiger partial charge in [-0.15, -0.1) is 0 Å². The van der Waals surface area contributed by atoms with Gasteiger partial charge in [-0.25, -0.2) is 0 Å². The number of carbonyl (C=O) groups is 1. The molecule has 1 atom stereocenters. The molecule has 1 aliphatic carbocycles. The van der Waals surface area contributed by atoms with Crippen LogP contribution in [0, 0.1) is 11.8 Å². The zero-order valence-electron chi connectivity index (χ0n) is 14.6. The van der Waals surface area contributed by atoms with E-state index < -0.39 is 5.60 Å². The van der Waals surface area contributed by atoms with Crippen LogP contribution in [0.25, 0.3) is 0 Å². The zero-order valence-corrected chi connectivity index (χ0v) is 14.6. The largest absolute Gasteiger partial charge is 0.389 e. The van der Waals surface area contributed by atoms with E-state index in [1.54, 1.807) is 0 Å². The van der Waals surface area contributed by atoms with Gasteiger partial charge in [0.1, 0.15) is 0 Å². The minimum atomic E-state index is -0.458. The number of nitrogens with one attached hydrogen (secondary N) is 1. The van der Waals surface area contributed by atoms with Crippen molar-refractivity contribution in [3.8, 4) is 0 Å². The van der Waals surface area contributed by atoms with Crippen molar-refractivity contribution in [1.29, 1.82) is 0 Å². The van der Waals surface area contributed by atoms with Gasteiger partial charge in [-0.1, -0.05) is 40.0 Å². The normalized spacial score (nSPS) is 25.1. The molecule has 0 aromatic rings. The zero-order chi connectivity index (χ0) is 16.2. The lowest BCUT2D eigenvalue weighted by atomic mass is 9.84. The summed E-state index contributed by atoms with van der Waals surface area (Å²) in [6.07, 6.45) is 7.51. The van der Waals surface area contributed by atoms with Crippen LogP contribution in [0.1, 0.15) is 65.7 Å². The molecule has 1 aliphatic heterocycles. The Bertz CT molecular complexity index is 356. The van der Waals surface area contributed by atoms with Crippen molar-refractivity contribution < 1.29 is 9.90 Å². The molecular weight excluding hydrogens is 276 g/mol. The molecule has 0 spiro atoms. The van der Waals surface area contributed by atoms with E-state index in [-0.39, 0.29) is 11.8 Å². The van der Waals surface area contributed by atoms with Gasteiger partial charge in [-0.2, -0.15) is 0 Å². The van der Waals surface area contributed by atoms with Crippen molar-refractivity contribution in [2.75, 3.05) is 19.6 Å². The third kappa shape index (κ3) is 4.95. The summed E-state index contributed by atoms with van der Waals surface area (Å²) in [5.41, 5.74) is -0.458. The first kappa shape index (κ1) is 17.7. The minimum Gasteiger partial charge on any atom is -0.389 e. The number of nitrogens with zero attached hydrogens (tertiary/aromatic N) is 1. The van der Waals surface area contributed by atoms with Crippen LogP contribution >= 0.6 is 0 Å². The monoisotopic (exact) mass is 310 g/mol. The summed E-state index contributed by atoms with van der Waals surface area (Å²) >= 11 is 0. The molecule has 1 saturated carbocycles. The van der Waals surface area contributed by atoms with E-state index in [1.165, 1.54) is 6.42 Å². The molecule has 2 aliphatic rings. The number of β-amino-alcohol motifs (C(OH)–C–C–N with tert-alkyl or cyclic N) is 1. The van der Waals surface area contributed by atoms with Crippen LogP contribution in [0.4, 0.5) is 0 Å². The Labute approximate surface area is 135 Å². The molecule has 1 unspecified atom stereocenters. The molecule has 1 heterocycles. The highest BCUT2D eigenvalue weighted by atomic mass is 16.3. The Hall–Kier alpha value is -0.610. The van der Waals surface area contributed by atoms with Gasteiger partial charge in [0.25, 0.3) is 0 Å². The van der Waals surface area contributed by atoms with Crippen LogP contribution in [0.15, 0.2) is 0 Å². The highest BCUT2D eigenvalue weighted by molar-refractivity contribution is 5.78. The van der Waals surface area contributed by atoms with Crippen molar-refractivity contribution in [2.24, 2.45) is 11.8 Å². The van der Waals surface area contributed by atoms with E-state index in [4.69, 9.17) is 0 Å². The number of carbonyl (C=O) groups excluding carboxylic acids is 1. The lowest BCUT2D eigenvalue weighted by molar-refractivity contribution is -0.126. The molecule has 0 bridgehead atoms. The second kappa shape index (κ2) is 7.78. The van der Waals surface area contributed by atoms with E-state index >= 15 is 0 Å². The Morgan fingerprint density at radius 1 is 1.18 bits per heavy atom. The number of aliphatic hydroxyl groups is 1. The third-order valence-corrected chi connectivity index (χ3v) is 5.65. The fourth-order valence-electron chi connectivity index (χ4n) is 3.66. The van der Waals surface area contributed by atoms with E-state index in [1.807, 2.05) is 6.92 Å². The van der Waals surface area contributed by atoms with Crippen LogP contribution in [0.5, 0.6) is 0 Å². The predicted molar refractivity (Wildman–Crippen MR) is 89.6 cm³/mol. The summed E-state index contributed by atoms with van der Waals surface area (Å²) in [6, 6.07) is 0.311. The van der Waals surface area contributed by atoms with Crippen LogP contribution in [-0.4, -0.2) is 47.2 Å². The number of likely N-dealkylation sites (tertiary alicyclic amines) is 1. The Kier molecular flexibility index (Phi) is 6.27. The average Bonchev–Trinajstić information content (AvgIpc) is 2.48. The van der Waals surface area contributed by atoms with Gasteiger partial charge in [-0.3, -0.25) is 4.79 Å². The summed E-state index contributed by atoms with van der Waals surface area (Å²) in [6.45, 7) is 8.99. The maximum absolute atomic E-state index is 12.1. The lowest BCUT2D eigenvalue weighted by Crippen LogP contribution is -2.51. The first-order valence-electron chi connectivity index (χ1n) is 9.15. The highest BCUT2D eigenvalue weighted by Gasteiger charge is 2.33. The second-order valence-electron chi connectivity index (χ2n) is 7.88. The van der Waals surface area contributed by atoms with Crippen molar-refractivity contribution >= 4 is 5.91 Å². The van der Waals surface area contributed by atoms with E-state index in [9.17, 15) is 9.90 Å². The SMILES string of the molecule is CC(C)C(C)C(=O)NC1CCN(CC2(O)CCCCC2)CC1. The van der Waals surface area contributed by atoms with Crippen molar-refractivity contribution in [3.05, 3.63) is 0 Å². The van der Waals surface area contributed by atoms with Crippen LogP contribution in [0.3, 0.4) is 0 Å². The number of hydrogen-bond acceptors (Lipinski definition) is 3. The van der Waals surface area contributed by atoms with Crippen LogP contribution in [-0.2, 0) is 4.79 Å². The third-order valence-electron chi connectivity index (χ3n) is 5.65. The van der Waals surface area contributed by atoms with Gasteiger partial charge in [0.15, 0.2) is 0 Å². The van der Waals surface area contributed by atoms with Crippen molar-refractivity contribution in [2.45, 2.75) is 77.4 Å². The number of rotatable bonds is 5. The predicted octanol–water partition coefficient (Wildman–Crippen LogP) is 2.55. The Balaban J connectivity index is 1.72. The molecule has 4 nitrogen and oxygen atoms in total. The summed E-state index contributed by atoms with van der Waals surface area (Å²) in [5.74, 6) is 0.668. The first-order chi connectivity index (χ1) is 10.4. The molecule has 1 saturated heterocycles. The average molecular weight is 310 g/mol. The van der Waals surface area contributed by atoms with Gasteiger partial charge in [0.05, 0.1) is 5.60 Å². The molecule has 0 aromatic heterocycles. The molecule has 128 valence electrons. The van der Waals surface area contributed by atoms with Crippen molar-refractivity contribution in [3.63, 3.8) is 0 Å². The molecule has 2 N–H and O–H groups in total. The van der Waals surface area contributed by atoms with Crippen LogP contribution in [0.2, 0.25) is 0 Å². The smallest absolute Gasteiger partial charge is 0.223 e. The van der Waals surface area contributed by atoms with E-state index in [0.717, 1.165) is 58.2 Å². The summed E-state index contributed by atoms with van der Waals surface area (Å²) < 4.78 is 0. The highest BCUT2D eigenvalue weighted by Crippen LogP contribution is 2.29. The first-order valence-corrected chi connectivity index (χ1v) is 9.15. The van der Waals surface area contributed by atoms with Gasteiger partial charge in [-0.05, 0) is 31.6 Å². The quantitative estimate of drug-likeness (QED) is 0.820. The van der Waals surface area contributed by atoms with E-state index in [0.29, 0.717) is 12.0 Å². The topological polar surface area (TPSA) is 52.6 Å². The second-order valence-corrected chi connectivity index (χ2v) is 7.88. The maximum Gasteiger partial charge on any atom is 0.223 e. The summed E-state index contributed by atoms with van der Waals surface area (Å²) in [4.78, 5) is 14.5. The summed E-state index contributed by atoms with van der Waals surface area (Å²) in [5, 5.41) is 13.9. The molecule has 2 fully saturated rings. The Morgan fingerprint density at radius 3 is 2.32 bits per heavy atom. The molecular formula is C18H34N2O2. The molecule has 0 radical (unpaired) electrons. The molecule has 4 heteroatoms.